The zero-order chi connectivity index (χ0) is 21.5. The molecule has 0 radical (unpaired) electrons. The molecule has 0 bridgehead atoms. The fraction of sp³-hybridized carbons (Fsp3) is 0.481. The Hall–Kier alpha value is -2.62. The van der Waals surface area contributed by atoms with Crippen LogP contribution in [0.3, 0.4) is 0 Å². The van der Waals surface area contributed by atoms with Crippen LogP contribution in [0.5, 0.6) is 0 Å². The van der Waals surface area contributed by atoms with Gasteiger partial charge in [-0.25, -0.2) is 4.98 Å². The third kappa shape index (κ3) is 5.36. The molecule has 1 amide bonds. The molecule has 2 aromatic carbocycles. The summed E-state index contributed by atoms with van der Waals surface area (Å²) in [5.74, 6) is 0.939. The highest BCUT2D eigenvalue weighted by Crippen LogP contribution is 2.35. The van der Waals surface area contributed by atoms with Gasteiger partial charge in [-0.3, -0.25) is 4.79 Å². The van der Waals surface area contributed by atoms with Gasteiger partial charge in [0.25, 0.3) is 0 Å². The summed E-state index contributed by atoms with van der Waals surface area (Å²) in [6.07, 6.45) is 11.2. The number of likely N-dealkylation sites (tertiary alicyclic amines) is 1. The number of fused-ring (bicyclic) bond motifs is 1. The Balaban J connectivity index is 1.38. The van der Waals surface area contributed by atoms with Crippen molar-refractivity contribution in [3.63, 3.8) is 0 Å². The third-order valence-corrected chi connectivity index (χ3v) is 6.36. The van der Waals surface area contributed by atoms with Crippen molar-refractivity contribution in [2.24, 2.45) is 0 Å². The predicted molar refractivity (Wildman–Crippen MR) is 126 cm³/mol. The Morgan fingerprint density at radius 3 is 2.58 bits per heavy atom. The minimum atomic E-state index is -0.0235. The molecule has 1 aromatic heterocycles. The summed E-state index contributed by atoms with van der Waals surface area (Å²) in [5, 5.41) is 0. The molecule has 0 spiro atoms. The van der Waals surface area contributed by atoms with Gasteiger partial charge >= 0.3 is 0 Å². The largest absolute Gasteiger partial charge is 0.438 e. The van der Waals surface area contributed by atoms with Crippen molar-refractivity contribution >= 4 is 17.0 Å². The molecule has 4 heteroatoms. The van der Waals surface area contributed by atoms with Crippen LogP contribution >= 0.6 is 0 Å². The van der Waals surface area contributed by atoms with Gasteiger partial charge in [0.1, 0.15) is 11.6 Å². The molecule has 1 fully saturated rings. The van der Waals surface area contributed by atoms with E-state index >= 15 is 0 Å². The Morgan fingerprint density at radius 1 is 1.00 bits per heavy atom. The molecule has 0 aliphatic carbocycles. The number of carbonyl (C=O) groups excluding carboxylic acids is 1. The van der Waals surface area contributed by atoms with Gasteiger partial charge in [-0.15, -0.1) is 0 Å². The molecular formula is C27H34N2O2. The molecule has 4 nitrogen and oxygen atoms in total. The summed E-state index contributed by atoms with van der Waals surface area (Å²) in [5.41, 5.74) is 3.95. The lowest BCUT2D eigenvalue weighted by molar-refractivity contribution is -0.132. The zero-order valence-corrected chi connectivity index (χ0v) is 18.7. The molecule has 1 saturated heterocycles. The average molecular weight is 419 g/mol. The summed E-state index contributed by atoms with van der Waals surface area (Å²) < 4.78 is 6.10. The van der Waals surface area contributed by atoms with Crippen LogP contribution in [0.15, 0.2) is 52.9 Å². The lowest BCUT2D eigenvalue weighted by atomic mass is 10.1. The van der Waals surface area contributed by atoms with Crippen LogP contribution in [0.4, 0.5) is 0 Å². The van der Waals surface area contributed by atoms with Crippen molar-refractivity contribution in [2.45, 2.75) is 77.2 Å². The minimum absolute atomic E-state index is 0.0235. The summed E-state index contributed by atoms with van der Waals surface area (Å²) in [6.45, 7) is 3.05. The highest BCUT2D eigenvalue weighted by Gasteiger charge is 2.33. The van der Waals surface area contributed by atoms with Gasteiger partial charge in [0.2, 0.25) is 11.8 Å². The number of oxazole rings is 1. The number of hydrogen-bond acceptors (Lipinski definition) is 3. The van der Waals surface area contributed by atoms with Crippen LogP contribution < -0.4 is 0 Å². The highest BCUT2D eigenvalue weighted by molar-refractivity contribution is 5.81. The van der Waals surface area contributed by atoms with E-state index in [4.69, 9.17) is 9.40 Å². The lowest BCUT2D eigenvalue weighted by Crippen LogP contribution is -2.30. The number of benzene rings is 2. The van der Waals surface area contributed by atoms with E-state index in [9.17, 15) is 4.79 Å². The minimum Gasteiger partial charge on any atom is -0.438 e. The molecule has 1 aliphatic rings. The maximum absolute atomic E-state index is 12.9. The molecule has 1 aliphatic heterocycles. The predicted octanol–water partition coefficient (Wildman–Crippen LogP) is 7.30. The first-order valence-electron chi connectivity index (χ1n) is 12.0. The van der Waals surface area contributed by atoms with Gasteiger partial charge in [-0.05, 0) is 42.5 Å². The Morgan fingerprint density at radius 2 is 1.77 bits per heavy atom. The number of unbranched alkanes of at least 4 members (excludes halogenated alkanes) is 6. The Bertz CT molecular complexity index is 979. The van der Waals surface area contributed by atoms with Crippen molar-refractivity contribution in [3.8, 4) is 11.1 Å². The van der Waals surface area contributed by atoms with Gasteiger partial charge < -0.3 is 9.32 Å². The first-order chi connectivity index (χ1) is 15.3. The Kier molecular flexibility index (Phi) is 7.39. The van der Waals surface area contributed by atoms with E-state index in [1.807, 2.05) is 29.2 Å². The summed E-state index contributed by atoms with van der Waals surface area (Å²) in [7, 11) is 0. The lowest BCUT2D eigenvalue weighted by Gasteiger charge is -2.22. The topological polar surface area (TPSA) is 46.3 Å². The highest BCUT2D eigenvalue weighted by atomic mass is 16.3. The first kappa shape index (κ1) is 21.6. The first-order valence-corrected chi connectivity index (χ1v) is 12.0. The molecule has 3 aromatic rings. The molecule has 1 atom stereocenters. The summed E-state index contributed by atoms with van der Waals surface area (Å²) in [4.78, 5) is 19.7. The standard InChI is InChI=1S/C27H34N2O2/c1-2-3-4-5-6-7-11-16-26(30)29-19-12-15-24(29)27-28-23-20-22(17-18-25(23)31-27)21-13-9-8-10-14-21/h8-10,13-14,17-18,20,24H,2-7,11-12,15-16,19H2,1H3. The van der Waals surface area contributed by atoms with Crippen molar-refractivity contribution < 1.29 is 9.21 Å². The maximum atomic E-state index is 12.9. The molecule has 0 saturated carbocycles. The van der Waals surface area contributed by atoms with Gasteiger partial charge in [-0.2, -0.15) is 0 Å². The van der Waals surface area contributed by atoms with Gasteiger partial charge in [0.05, 0.1) is 0 Å². The van der Waals surface area contributed by atoms with E-state index < -0.39 is 0 Å². The maximum Gasteiger partial charge on any atom is 0.223 e. The molecule has 0 N–H and O–H groups in total. The second kappa shape index (κ2) is 10.6. The molecule has 31 heavy (non-hydrogen) atoms. The van der Waals surface area contributed by atoms with Gasteiger partial charge in [0.15, 0.2) is 5.58 Å². The zero-order valence-electron chi connectivity index (χ0n) is 18.7. The number of nitrogens with zero attached hydrogens (tertiary/aromatic N) is 2. The van der Waals surface area contributed by atoms with Gasteiger partial charge in [-0.1, -0.05) is 81.8 Å². The van der Waals surface area contributed by atoms with E-state index in [0.717, 1.165) is 48.9 Å². The molecule has 1 unspecified atom stereocenters. The van der Waals surface area contributed by atoms with Crippen molar-refractivity contribution in [3.05, 3.63) is 54.4 Å². The van der Waals surface area contributed by atoms with Gasteiger partial charge in [0, 0.05) is 13.0 Å². The van der Waals surface area contributed by atoms with Crippen LogP contribution in [-0.4, -0.2) is 22.3 Å². The summed E-state index contributed by atoms with van der Waals surface area (Å²) in [6, 6.07) is 16.4. The second-order valence-electron chi connectivity index (χ2n) is 8.72. The van der Waals surface area contributed by atoms with Crippen LogP contribution in [0.1, 0.15) is 83.1 Å². The summed E-state index contributed by atoms with van der Waals surface area (Å²) >= 11 is 0. The number of rotatable bonds is 10. The van der Waals surface area contributed by atoms with E-state index in [-0.39, 0.29) is 11.9 Å². The van der Waals surface area contributed by atoms with Crippen molar-refractivity contribution in [1.29, 1.82) is 0 Å². The van der Waals surface area contributed by atoms with Crippen LogP contribution in [0.25, 0.3) is 22.2 Å². The Labute approximate surface area is 185 Å². The fourth-order valence-corrected chi connectivity index (χ4v) is 4.60. The van der Waals surface area contributed by atoms with Crippen molar-refractivity contribution in [2.75, 3.05) is 6.54 Å². The molecule has 4 rings (SSSR count). The molecular weight excluding hydrogens is 384 g/mol. The monoisotopic (exact) mass is 418 g/mol. The number of carbonyl (C=O) groups is 1. The average Bonchev–Trinajstić information content (AvgIpc) is 3.45. The molecule has 164 valence electrons. The molecule has 2 heterocycles. The number of amides is 1. The van der Waals surface area contributed by atoms with E-state index in [1.54, 1.807) is 0 Å². The van der Waals surface area contributed by atoms with Crippen molar-refractivity contribution in [1.82, 2.24) is 9.88 Å². The fourth-order valence-electron chi connectivity index (χ4n) is 4.60. The van der Waals surface area contributed by atoms with Crippen LogP contribution in [0.2, 0.25) is 0 Å². The van der Waals surface area contributed by atoms with E-state index in [0.29, 0.717) is 12.3 Å². The SMILES string of the molecule is CCCCCCCCCC(=O)N1CCCC1c1nc2cc(-c3ccccc3)ccc2o1. The normalized spacial score (nSPS) is 16.3. The number of hydrogen-bond donors (Lipinski definition) is 0. The smallest absolute Gasteiger partial charge is 0.223 e. The third-order valence-electron chi connectivity index (χ3n) is 6.36. The van der Waals surface area contributed by atoms with Crippen LogP contribution in [-0.2, 0) is 4.79 Å². The van der Waals surface area contributed by atoms with E-state index in [1.165, 1.54) is 37.7 Å². The quantitative estimate of drug-likeness (QED) is 0.325. The van der Waals surface area contributed by atoms with Crippen LogP contribution in [0, 0.1) is 0 Å². The second-order valence-corrected chi connectivity index (χ2v) is 8.72. The van der Waals surface area contributed by atoms with E-state index in [2.05, 4.69) is 31.2 Å². The number of aromatic nitrogens is 1.